The van der Waals surface area contributed by atoms with E-state index in [1.54, 1.807) is 18.3 Å². The number of aliphatic hydroxyl groups is 1. The van der Waals surface area contributed by atoms with Crippen molar-refractivity contribution in [3.8, 4) is 11.5 Å². The van der Waals surface area contributed by atoms with Gasteiger partial charge >= 0.3 is 0 Å². The van der Waals surface area contributed by atoms with Gasteiger partial charge in [-0.25, -0.2) is 0 Å². The summed E-state index contributed by atoms with van der Waals surface area (Å²) in [4.78, 5) is 22.5. The van der Waals surface area contributed by atoms with E-state index in [4.69, 9.17) is 4.74 Å². The number of aromatic hydroxyl groups is 1. The second kappa shape index (κ2) is 10.8. The van der Waals surface area contributed by atoms with E-state index in [-0.39, 0.29) is 24.3 Å². The minimum Gasteiger partial charge on any atom is -0.507 e. The monoisotopic (exact) mass is 439 g/mol. The maximum Gasteiger partial charge on any atom is 0.256 e. The highest BCUT2D eigenvalue weighted by Crippen LogP contribution is 2.29. The molecule has 2 aliphatic rings. The Balaban J connectivity index is 1.45. The molecule has 1 aromatic heterocycles. The van der Waals surface area contributed by atoms with E-state index < -0.39 is 0 Å². The molecule has 0 unspecified atom stereocenters. The number of phenols is 1. The number of hydrogen-bond donors (Lipinski definition) is 2. The molecule has 4 rings (SSSR count). The molecule has 2 N–H and O–H groups in total. The van der Waals surface area contributed by atoms with Gasteiger partial charge in [0.25, 0.3) is 5.91 Å². The predicted octanol–water partition coefficient (Wildman–Crippen LogP) is 2.99. The van der Waals surface area contributed by atoms with Crippen LogP contribution in [-0.4, -0.2) is 69.7 Å². The van der Waals surface area contributed by atoms with Gasteiger partial charge < -0.3 is 24.7 Å². The number of nitrogens with zero attached hydrogens (tertiary/aromatic N) is 3. The molecule has 0 aliphatic carbocycles. The Kier molecular flexibility index (Phi) is 7.60. The lowest BCUT2D eigenvalue weighted by molar-refractivity contribution is 0.0524. The number of benzene rings is 1. The van der Waals surface area contributed by atoms with Gasteiger partial charge in [-0.05, 0) is 69.5 Å². The number of carbonyl (C=O) groups is 1. The number of rotatable bonds is 8. The van der Waals surface area contributed by atoms with Crippen molar-refractivity contribution in [1.82, 2.24) is 14.8 Å². The van der Waals surface area contributed by atoms with Gasteiger partial charge in [0.2, 0.25) is 0 Å². The molecule has 0 radical (unpaired) electrons. The summed E-state index contributed by atoms with van der Waals surface area (Å²) in [5.74, 6) is 0.485. The molecule has 3 heterocycles. The lowest BCUT2D eigenvalue weighted by atomic mass is 10.0. The number of aromatic nitrogens is 1. The molecule has 1 amide bonds. The van der Waals surface area contributed by atoms with Gasteiger partial charge in [-0.2, -0.15) is 0 Å². The first-order chi connectivity index (χ1) is 15.7. The minimum absolute atomic E-state index is 0.0135. The molecule has 7 heteroatoms. The van der Waals surface area contributed by atoms with Crippen LogP contribution in [0.1, 0.15) is 53.7 Å². The van der Waals surface area contributed by atoms with Crippen LogP contribution in [0.15, 0.2) is 36.5 Å². The van der Waals surface area contributed by atoms with Crippen LogP contribution in [0.3, 0.4) is 0 Å². The number of amides is 1. The van der Waals surface area contributed by atoms with Gasteiger partial charge in [-0.1, -0.05) is 6.07 Å². The van der Waals surface area contributed by atoms with E-state index in [0.29, 0.717) is 30.0 Å². The van der Waals surface area contributed by atoms with Gasteiger partial charge in [-0.3, -0.25) is 9.78 Å². The normalized spacial score (nSPS) is 19.3. The summed E-state index contributed by atoms with van der Waals surface area (Å²) < 4.78 is 5.97. The Bertz CT molecular complexity index is 914. The average Bonchev–Trinajstić information content (AvgIpc) is 3.35. The molecule has 2 aliphatic heterocycles. The van der Waals surface area contributed by atoms with Crippen molar-refractivity contribution < 1.29 is 19.7 Å². The third kappa shape index (κ3) is 5.22. The SMILES string of the molecule is O=C(c1cccnc1CCN1CCCC1)N1CCCC[C@H]1COc1cccc(O)c1CO. The van der Waals surface area contributed by atoms with Crippen LogP contribution in [0.25, 0.3) is 0 Å². The van der Waals surface area contributed by atoms with Crippen LogP contribution >= 0.6 is 0 Å². The second-order valence-corrected chi connectivity index (χ2v) is 8.67. The number of pyridine rings is 1. The molecule has 0 saturated carbocycles. The number of piperidine rings is 1. The Labute approximate surface area is 189 Å². The third-order valence-corrected chi connectivity index (χ3v) is 6.57. The quantitative estimate of drug-likeness (QED) is 0.658. The highest BCUT2D eigenvalue weighted by Gasteiger charge is 2.30. The number of likely N-dealkylation sites (tertiary alicyclic amines) is 2. The molecular weight excluding hydrogens is 406 g/mol. The van der Waals surface area contributed by atoms with E-state index >= 15 is 0 Å². The maximum absolute atomic E-state index is 13.6. The lowest BCUT2D eigenvalue weighted by Gasteiger charge is -2.36. The standard InChI is InChI=1S/C25H33N3O4/c29-17-21-23(30)9-5-10-24(21)32-18-19-7-1-2-15-28(19)25(31)20-8-6-12-26-22(20)11-16-27-13-3-4-14-27/h5-6,8-10,12,19,29-30H,1-4,7,11,13-18H2/t19-/m0/s1. The van der Waals surface area contributed by atoms with Gasteiger partial charge in [-0.15, -0.1) is 0 Å². The van der Waals surface area contributed by atoms with Crippen LogP contribution in [0.2, 0.25) is 0 Å². The number of ether oxygens (including phenoxy) is 1. The third-order valence-electron chi connectivity index (χ3n) is 6.57. The van der Waals surface area contributed by atoms with Crippen LogP contribution in [0.5, 0.6) is 11.5 Å². The van der Waals surface area contributed by atoms with E-state index in [1.165, 1.54) is 18.9 Å². The first-order valence-electron chi connectivity index (χ1n) is 11.7. The van der Waals surface area contributed by atoms with Crippen LogP contribution in [0.4, 0.5) is 0 Å². The summed E-state index contributed by atoms with van der Waals surface area (Å²) in [5, 5.41) is 19.5. The van der Waals surface area contributed by atoms with Crippen molar-refractivity contribution in [3.63, 3.8) is 0 Å². The number of carbonyl (C=O) groups excluding carboxylic acids is 1. The van der Waals surface area contributed by atoms with E-state index in [2.05, 4.69) is 9.88 Å². The van der Waals surface area contributed by atoms with E-state index in [1.807, 2.05) is 17.0 Å². The molecule has 2 fully saturated rings. The first-order valence-corrected chi connectivity index (χ1v) is 11.7. The Morgan fingerprint density at radius 2 is 1.91 bits per heavy atom. The second-order valence-electron chi connectivity index (χ2n) is 8.67. The fraction of sp³-hybridized carbons (Fsp3) is 0.520. The molecule has 1 atom stereocenters. The summed E-state index contributed by atoms with van der Waals surface area (Å²) in [6.45, 7) is 3.92. The van der Waals surface area contributed by atoms with Crippen LogP contribution in [-0.2, 0) is 13.0 Å². The molecule has 172 valence electrons. The topological polar surface area (TPSA) is 86.1 Å². The highest BCUT2D eigenvalue weighted by molar-refractivity contribution is 5.95. The largest absolute Gasteiger partial charge is 0.507 e. The van der Waals surface area contributed by atoms with Gasteiger partial charge in [0.1, 0.15) is 18.1 Å². The fourth-order valence-corrected chi connectivity index (χ4v) is 4.73. The minimum atomic E-state index is -0.300. The molecular formula is C25H33N3O4. The van der Waals surface area contributed by atoms with Crippen molar-refractivity contribution >= 4 is 5.91 Å². The summed E-state index contributed by atoms with van der Waals surface area (Å²) in [5.41, 5.74) is 1.93. The van der Waals surface area contributed by atoms with Crippen molar-refractivity contribution in [3.05, 3.63) is 53.3 Å². The fourth-order valence-electron chi connectivity index (χ4n) is 4.73. The Morgan fingerprint density at radius 1 is 1.09 bits per heavy atom. The van der Waals surface area contributed by atoms with Crippen LogP contribution < -0.4 is 4.74 Å². The zero-order valence-corrected chi connectivity index (χ0v) is 18.6. The van der Waals surface area contributed by atoms with Crippen molar-refractivity contribution in [1.29, 1.82) is 0 Å². The van der Waals surface area contributed by atoms with Gasteiger partial charge in [0.05, 0.1) is 29.5 Å². The average molecular weight is 440 g/mol. The van der Waals surface area contributed by atoms with E-state index in [9.17, 15) is 15.0 Å². The molecule has 0 bridgehead atoms. The van der Waals surface area contributed by atoms with Crippen molar-refractivity contribution in [2.24, 2.45) is 0 Å². The zero-order chi connectivity index (χ0) is 22.3. The van der Waals surface area contributed by atoms with Gasteiger partial charge in [0, 0.05) is 25.7 Å². The molecule has 7 nitrogen and oxygen atoms in total. The Hall–Kier alpha value is -2.64. The molecule has 2 saturated heterocycles. The molecule has 2 aromatic rings. The summed E-state index contributed by atoms with van der Waals surface area (Å²) in [6.07, 6.45) is 7.92. The lowest BCUT2D eigenvalue weighted by Crippen LogP contribution is -2.47. The van der Waals surface area contributed by atoms with Crippen molar-refractivity contribution in [2.45, 2.75) is 51.2 Å². The number of hydrogen-bond acceptors (Lipinski definition) is 6. The molecule has 0 spiro atoms. The predicted molar refractivity (Wildman–Crippen MR) is 122 cm³/mol. The summed E-state index contributed by atoms with van der Waals surface area (Å²) >= 11 is 0. The number of aliphatic hydroxyl groups excluding tert-OH is 1. The van der Waals surface area contributed by atoms with Crippen LogP contribution in [0, 0.1) is 0 Å². The smallest absolute Gasteiger partial charge is 0.256 e. The first kappa shape index (κ1) is 22.6. The molecule has 1 aromatic carbocycles. The highest BCUT2D eigenvalue weighted by atomic mass is 16.5. The maximum atomic E-state index is 13.6. The zero-order valence-electron chi connectivity index (χ0n) is 18.6. The van der Waals surface area contributed by atoms with Crippen molar-refractivity contribution in [2.75, 3.05) is 32.8 Å². The summed E-state index contributed by atoms with van der Waals surface area (Å²) in [6, 6.07) is 8.62. The van der Waals surface area contributed by atoms with E-state index in [0.717, 1.165) is 51.0 Å². The Morgan fingerprint density at radius 3 is 2.72 bits per heavy atom. The van der Waals surface area contributed by atoms with Gasteiger partial charge in [0.15, 0.2) is 0 Å². The summed E-state index contributed by atoms with van der Waals surface area (Å²) in [7, 11) is 0. The molecule has 32 heavy (non-hydrogen) atoms.